The van der Waals surface area contributed by atoms with Crippen molar-refractivity contribution in [1.82, 2.24) is 4.98 Å². The second-order valence-corrected chi connectivity index (χ2v) is 6.47. The van der Waals surface area contributed by atoms with Crippen LogP contribution in [0, 0.1) is 5.41 Å². The number of hydrogen-bond donors (Lipinski definition) is 2. The molecule has 1 saturated carbocycles. The summed E-state index contributed by atoms with van der Waals surface area (Å²) in [6.07, 6.45) is 7.43. The quantitative estimate of drug-likeness (QED) is 0.879. The van der Waals surface area contributed by atoms with Gasteiger partial charge in [-0.3, -0.25) is 4.79 Å². The summed E-state index contributed by atoms with van der Waals surface area (Å²) in [6, 6.07) is 0. The average molecular weight is 265 g/mol. The third kappa shape index (κ3) is 1.95. The summed E-state index contributed by atoms with van der Waals surface area (Å²) in [5.41, 5.74) is 6.66. The van der Waals surface area contributed by atoms with Gasteiger partial charge in [-0.05, 0) is 32.1 Å². The number of anilines is 1. The summed E-state index contributed by atoms with van der Waals surface area (Å²) in [6.45, 7) is 0.448. The first-order valence-electron chi connectivity index (χ1n) is 6.74. The van der Waals surface area contributed by atoms with Gasteiger partial charge in [0, 0.05) is 11.4 Å². The molecular weight excluding hydrogens is 246 g/mol. The minimum atomic E-state index is -0.337. The molecule has 1 heterocycles. The number of aromatic nitrogens is 1. The van der Waals surface area contributed by atoms with Crippen molar-refractivity contribution in [2.24, 2.45) is 11.1 Å². The SMILES string of the molecule is NCC1(C(=O)Nc2nc3c(s2)CCC3)CCCC1. The van der Waals surface area contributed by atoms with Gasteiger partial charge in [0.2, 0.25) is 5.91 Å². The van der Waals surface area contributed by atoms with Crippen LogP contribution in [-0.4, -0.2) is 17.4 Å². The van der Waals surface area contributed by atoms with E-state index >= 15 is 0 Å². The second-order valence-electron chi connectivity index (χ2n) is 5.39. The van der Waals surface area contributed by atoms with E-state index in [9.17, 15) is 4.79 Å². The number of hydrogen-bond acceptors (Lipinski definition) is 4. The van der Waals surface area contributed by atoms with Crippen LogP contribution in [-0.2, 0) is 17.6 Å². The Labute approximate surface area is 111 Å². The van der Waals surface area contributed by atoms with Crippen molar-refractivity contribution in [3.8, 4) is 0 Å². The third-order valence-corrected chi connectivity index (χ3v) is 5.32. The molecule has 0 atom stereocenters. The summed E-state index contributed by atoms with van der Waals surface area (Å²) < 4.78 is 0. The Bertz CT molecular complexity index is 441. The molecule has 0 spiro atoms. The molecule has 4 nitrogen and oxygen atoms in total. The number of fused-ring (bicyclic) bond motifs is 1. The number of nitrogens with two attached hydrogens (primary N) is 1. The summed E-state index contributed by atoms with van der Waals surface area (Å²) in [5, 5.41) is 3.76. The highest BCUT2D eigenvalue weighted by Crippen LogP contribution is 2.39. The number of carbonyl (C=O) groups is 1. The Morgan fingerprint density at radius 3 is 2.78 bits per heavy atom. The molecule has 98 valence electrons. The lowest BCUT2D eigenvalue weighted by Crippen LogP contribution is -2.40. The van der Waals surface area contributed by atoms with Crippen LogP contribution < -0.4 is 11.1 Å². The van der Waals surface area contributed by atoms with E-state index in [4.69, 9.17) is 5.73 Å². The standard InChI is InChI=1S/C13H19N3OS/c14-8-13(6-1-2-7-13)11(17)16-12-15-9-4-3-5-10(9)18-12/h1-8,14H2,(H,15,16,17). The van der Waals surface area contributed by atoms with Crippen molar-refractivity contribution < 1.29 is 4.79 Å². The lowest BCUT2D eigenvalue weighted by atomic mass is 9.85. The van der Waals surface area contributed by atoms with E-state index in [0.717, 1.165) is 43.7 Å². The monoisotopic (exact) mass is 265 g/mol. The van der Waals surface area contributed by atoms with Crippen molar-refractivity contribution >= 4 is 22.4 Å². The first kappa shape index (κ1) is 12.1. The van der Waals surface area contributed by atoms with Crippen LogP contribution in [0.3, 0.4) is 0 Å². The maximum atomic E-state index is 12.4. The average Bonchev–Trinajstić information content (AvgIpc) is 3.03. The molecule has 0 radical (unpaired) electrons. The maximum absolute atomic E-state index is 12.4. The molecule has 0 aliphatic heterocycles. The molecule has 1 amide bonds. The van der Waals surface area contributed by atoms with Gasteiger partial charge in [-0.1, -0.05) is 12.8 Å². The highest BCUT2D eigenvalue weighted by Gasteiger charge is 2.40. The number of nitrogens with zero attached hydrogens (tertiary/aromatic N) is 1. The minimum Gasteiger partial charge on any atom is -0.329 e. The van der Waals surface area contributed by atoms with Gasteiger partial charge in [0.15, 0.2) is 5.13 Å². The van der Waals surface area contributed by atoms with Crippen molar-refractivity contribution in [2.75, 3.05) is 11.9 Å². The smallest absolute Gasteiger partial charge is 0.233 e. The number of nitrogens with one attached hydrogen (secondary N) is 1. The Balaban J connectivity index is 1.73. The van der Waals surface area contributed by atoms with Crippen LogP contribution in [0.25, 0.3) is 0 Å². The fourth-order valence-corrected chi connectivity index (χ4v) is 4.09. The summed E-state index contributed by atoms with van der Waals surface area (Å²) in [4.78, 5) is 18.2. The van der Waals surface area contributed by atoms with E-state index < -0.39 is 0 Å². The van der Waals surface area contributed by atoms with Gasteiger partial charge in [-0.25, -0.2) is 4.98 Å². The Kier molecular flexibility index (Phi) is 3.11. The lowest BCUT2D eigenvalue weighted by Gasteiger charge is -2.24. The molecule has 3 N–H and O–H groups in total. The van der Waals surface area contributed by atoms with Crippen LogP contribution in [0.15, 0.2) is 0 Å². The normalized spacial score (nSPS) is 20.9. The molecule has 2 aliphatic carbocycles. The first-order chi connectivity index (χ1) is 8.73. The fourth-order valence-electron chi connectivity index (χ4n) is 3.05. The molecule has 1 aromatic rings. The first-order valence-corrected chi connectivity index (χ1v) is 7.55. The number of carbonyl (C=O) groups excluding carboxylic acids is 1. The molecule has 0 aromatic carbocycles. The van der Waals surface area contributed by atoms with Crippen LogP contribution in [0.2, 0.25) is 0 Å². The molecule has 1 fully saturated rings. The van der Waals surface area contributed by atoms with E-state index in [1.807, 2.05) is 0 Å². The van der Waals surface area contributed by atoms with Gasteiger partial charge < -0.3 is 11.1 Å². The number of rotatable bonds is 3. The van der Waals surface area contributed by atoms with Crippen LogP contribution >= 0.6 is 11.3 Å². The summed E-state index contributed by atoms with van der Waals surface area (Å²) in [5.74, 6) is 0.0786. The Morgan fingerprint density at radius 1 is 1.33 bits per heavy atom. The van der Waals surface area contributed by atoms with Crippen LogP contribution in [0.4, 0.5) is 5.13 Å². The fraction of sp³-hybridized carbons (Fsp3) is 0.692. The van der Waals surface area contributed by atoms with Crippen molar-refractivity contribution in [3.05, 3.63) is 10.6 Å². The van der Waals surface area contributed by atoms with Crippen LogP contribution in [0.5, 0.6) is 0 Å². The van der Waals surface area contributed by atoms with Crippen molar-refractivity contribution in [1.29, 1.82) is 0 Å². The highest BCUT2D eigenvalue weighted by molar-refractivity contribution is 7.15. The minimum absolute atomic E-state index is 0.0786. The Morgan fingerprint density at radius 2 is 2.11 bits per heavy atom. The molecular formula is C13H19N3OS. The summed E-state index contributed by atoms with van der Waals surface area (Å²) in [7, 11) is 0. The van der Waals surface area contributed by atoms with Gasteiger partial charge >= 0.3 is 0 Å². The molecule has 0 saturated heterocycles. The topological polar surface area (TPSA) is 68.0 Å². The predicted molar refractivity (Wildman–Crippen MR) is 72.7 cm³/mol. The maximum Gasteiger partial charge on any atom is 0.233 e. The van der Waals surface area contributed by atoms with E-state index in [1.54, 1.807) is 11.3 Å². The van der Waals surface area contributed by atoms with E-state index in [2.05, 4.69) is 10.3 Å². The zero-order chi connectivity index (χ0) is 12.6. The zero-order valence-electron chi connectivity index (χ0n) is 10.5. The van der Waals surface area contributed by atoms with E-state index in [0.29, 0.717) is 6.54 Å². The molecule has 5 heteroatoms. The number of thiazole rings is 1. The Hall–Kier alpha value is -0.940. The second kappa shape index (κ2) is 4.63. The molecule has 0 unspecified atom stereocenters. The molecule has 1 aromatic heterocycles. The molecule has 2 aliphatic rings. The third-order valence-electron chi connectivity index (χ3n) is 4.25. The molecule has 18 heavy (non-hydrogen) atoms. The zero-order valence-corrected chi connectivity index (χ0v) is 11.3. The molecule has 3 rings (SSSR count). The number of aryl methyl sites for hydroxylation is 2. The van der Waals surface area contributed by atoms with Gasteiger partial charge in [-0.2, -0.15) is 0 Å². The van der Waals surface area contributed by atoms with E-state index in [1.165, 1.54) is 17.0 Å². The van der Waals surface area contributed by atoms with Gasteiger partial charge in [-0.15, -0.1) is 11.3 Å². The van der Waals surface area contributed by atoms with Gasteiger partial charge in [0.25, 0.3) is 0 Å². The van der Waals surface area contributed by atoms with Crippen molar-refractivity contribution in [2.45, 2.75) is 44.9 Å². The van der Waals surface area contributed by atoms with E-state index in [-0.39, 0.29) is 11.3 Å². The van der Waals surface area contributed by atoms with Crippen LogP contribution in [0.1, 0.15) is 42.7 Å². The largest absolute Gasteiger partial charge is 0.329 e. The number of amides is 1. The lowest BCUT2D eigenvalue weighted by molar-refractivity contribution is -0.124. The highest BCUT2D eigenvalue weighted by atomic mass is 32.1. The van der Waals surface area contributed by atoms with Gasteiger partial charge in [0.1, 0.15) is 0 Å². The predicted octanol–water partition coefficient (Wildman–Crippen LogP) is 2.09. The van der Waals surface area contributed by atoms with Gasteiger partial charge in [0.05, 0.1) is 11.1 Å². The van der Waals surface area contributed by atoms with Crippen molar-refractivity contribution in [3.63, 3.8) is 0 Å². The molecule has 0 bridgehead atoms. The summed E-state index contributed by atoms with van der Waals surface area (Å²) >= 11 is 1.63.